The summed E-state index contributed by atoms with van der Waals surface area (Å²) in [5.41, 5.74) is 0.971. The molecule has 1 aliphatic heterocycles. The first-order valence-electron chi connectivity index (χ1n) is 5.23. The average Bonchev–Trinajstić information content (AvgIpc) is 2.66. The molecular formula is C10H16N4O. The first-order chi connectivity index (χ1) is 7.27. The van der Waals surface area contributed by atoms with Gasteiger partial charge in [0.05, 0.1) is 6.42 Å². The van der Waals surface area contributed by atoms with Crippen molar-refractivity contribution in [3.63, 3.8) is 0 Å². The Balaban J connectivity index is 1.94. The van der Waals surface area contributed by atoms with Crippen molar-refractivity contribution in [3.8, 4) is 0 Å². The minimum Gasteiger partial charge on any atom is -0.340 e. The molecule has 5 nitrogen and oxygen atoms in total. The Kier molecular flexibility index (Phi) is 3.01. The quantitative estimate of drug-likeness (QED) is 0.705. The molecule has 0 aliphatic carbocycles. The molecule has 0 unspecified atom stereocenters. The van der Waals surface area contributed by atoms with Crippen LogP contribution in [0.1, 0.15) is 5.69 Å². The number of carbonyl (C=O) groups is 1. The van der Waals surface area contributed by atoms with Crippen molar-refractivity contribution in [2.24, 2.45) is 7.05 Å². The van der Waals surface area contributed by atoms with Gasteiger partial charge in [-0.3, -0.25) is 9.48 Å². The number of amides is 1. The highest BCUT2D eigenvalue weighted by Gasteiger charge is 2.17. The molecule has 2 rings (SSSR count). The van der Waals surface area contributed by atoms with Crippen molar-refractivity contribution < 1.29 is 4.79 Å². The Bertz CT molecular complexity index is 341. The number of rotatable bonds is 2. The van der Waals surface area contributed by atoms with E-state index in [0.29, 0.717) is 6.42 Å². The maximum Gasteiger partial charge on any atom is 0.228 e. The van der Waals surface area contributed by atoms with Crippen LogP contribution in [-0.4, -0.2) is 46.8 Å². The number of hydrogen-bond acceptors (Lipinski definition) is 3. The first kappa shape index (κ1) is 10.2. The highest BCUT2D eigenvalue weighted by molar-refractivity contribution is 5.78. The molecule has 15 heavy (non-hydrogen) atoms. The summed E-state index contributed by atoms with van der Waals surface area (Å²) in [5, 5.41) is 7.28. The standard InChI is InChI=1S/C10H16N4O/c1-13-9(2-3-12-13)8-10(15)14-6-4-11-5-7-14/h2-3,11H,4-8H2,1H3. The third kappa shape index (κ3) is 2.36. The minimum absolute atomic E-state index is 0.195. The molecule has 2 heterocycles. The number of aromatic nitrogens is 2. The highest BCUT2D eigenvalue weighted by Crippen LogP contribution is 2.02. The summed E-state index contributed by atoms with van der Waals surface area (Å²) in [7, 11) is 1.86. The number of piperazine rings is 1. The molecule has 0 atom stereocenters. The zero-order valence-electron chi connectivity index (χ0n) is 8.94. The topological polar surface area (TPSA) is 50.2 Å². The molecule has 1 fully saturated rings. The SMILES string of the molecule is Cn1nccc1CC(=O)N1CCNCC1. The molecule has 1 aromatic heterocycles. The van der Waals surface area contributed by atoms with Gasteiger partial charge < -0.3 is 10.2 Å². The third-order valence-electron chi connectivity index (χ3n) is 2.72. The van der Waals surface area contributed by atoms with E-state index in [2.05, 4.69) is 10.4 Å². The predicted octanol–water partition coefficient (Wildman–Crippen LogP) is -0.606. The van der Waals surface area contributed by atoms with Crippen LogP contribution in [0.3, 0.4) is 0 Å². The lowest BCUT2D eigenvalue weighted by Crippen LogP contribution is -2.47. The van der Waals surface area contributed by atoms with E-state index < -0.39 is 0 Å². The first-order valence-corrected chi connectivity index (χ1v) is 5.23. The maximum absolute atomic E-state index is 11.9. The number of aryl methyl sites for hydroxylation is 1. The van der Waals surface area contributed by atoms with Crippen LogP contribution in [-0.2, 0) is 18.3 Å². The molecule has 0 radical (unpaired) electrons. The normalized spacial score (nSPS) is 16.7. The summed E-state index contributed by atoms with van der Waals surface area (Å²) in [6.45, 7) is 3.43. The third-order valence-corrected chi connectivity index (χ3v) is 2.72. The van der Waals surface area contributed by atoms with E-state index in [1.807, 2.05) is 18.0 Å². The van der Waals surface area contributed by atoms with Crippen LogP contribution >= 0.6 is 0 Å². The summed E-state index contributed by atoms with van der Waals surface area (Å²) < 4.78 is 1.75. The zero-order chi connectivity index (χ0) is 10.7. The molecule has 1 aromatic rings. The molecule has 1 N–H and O–H groups in total. The smallest absolute Gasteiger partial charge is 0.228 e. The van der Waals surface area contributed by atoms with Gasteiger partial charge in [0.25, 0.3) is 0 Å². The van der Waals surface area contributed by atoms with Crippen molar-refractivity contribution in [1.82, 2.24) is 20.0 Å². The molecule has 1 amide bonds. The van der Waals surface area contributed by atoms with Gasteiger partial charge in [0, 0.05) is 45.1 Å². The second-order valence-corrected chi connectivity index (χ2v) is 3.75. The average molecular weight is 208 g/mol. The van der Waals surface area contributed by atoms with Crippen molar-refractivity contribution >= 4 is 5.91 Å². The number of nitrogens with zero attached hydrogens (tertiary/aromatic N) is 3. The van der Waals surface area contributed by atoms with Gasteiger partial charge in [-0.1, -0.05) is 0 Å². The number of hydrogen-bond donors (Lipinski definition) is 1. The number of carbonyl (C=O) groups excluding carboxylic acids is 1. The fourth-order valence-corrected chi connectivity index (χ4v) is 1.76. The van der Waals surface area contributed by atoms with E-state index in [1.165, 1.54) is 0 Å². The molecular weight excluding hydrogens is 192 g/mol. The van der Waals surface area contributed by atoms with E-state index in [-0.39, 0.29) is 5.91 Å². The number of nitrogens with one attached hydrogen (secondary N) is 1. The fraction of sp³-hybridized carbons (Fsp3) is 0.600. The van der Waals surface area contributed by atoms with Gasteiger partial charge in [0.15, 0.2) is 0 Å². The van der Waals surface area contributed by atoms with E-state index in [9.17, 15) is 4.79 Å². The Hall–Kier alpha value is -1.36. The van der Waals surface area contributed by atoms with Crippen LogP contribution in [0, 0.1) is 0 Å². The maximum atomic E-state index is 11.9. The Morgan fingerprint density at radius 2 is 2.27 bits per heavy atom. The van der Waals surface area contributed by atoms with E-state index in [4.69, 9.17) is 0 Å². The van der Waals surface area contributed by atoms with Crippen molar-refractivity contribution in [1.29, 1.82) is 0 Å². The molecule has 1 aliphatic rings. The second kappa shape index (κ2) is 4.44. The van der Waals surface area contributed by atoms with Gasteiger partial charge >= 0.3 is 0 Å². The van der Waals surface area contributed by atoms with E-state index >= 15 is 0 Å². The van der Waals surface area contributed by atoms with Crippen molar-refractivity contribution in [2.45, 2.75) is 6.42 Å². The Labute approximate surface area is 89.1 Å². The summed E-state index contributed by atoms with van der Waals surface area (Å²) in [4.78, 5) is 13.8. The van der Waals surface area contributed by atoms with Gasteiger partial charge in [-0.2, -0.15) is 5.10 Å². The second-order valence-electron chi connectivity index (χ2n) is 3.75. The van der Waals surface area contributed by atoms with Gasteiger partial charge in [-0.05, 0) is 6.07 Å². The van der Waals surface area contributed by atoms with E-state index in [1.54, 1.807) is 10.9 Å². The van der Waals surface area contributed by atoms with Crippen LogP contribution in [0.4, 0.5) is 0 Å². The molecule has 5 heteroatoms. The monoisotopic (exact) mass is 208 g/mol. The molecule has 0 spiro atoms. The summed E-state index contributed by atoms with van der Waals surface area (Å²) in [6, 6.07) is 1.89. The lowest BCUT2D eigenvalue weighted by Gasteiger charge is -2.27. The molecule has 0 saturated carbocycles. The van der Waals surface area contributed by atoms with Crippen LogP contribution in [0.5, 0.6) is 0 Å². The van der Waals surface area contributed by atoms with Gasteiger partial charge in [0.2, 0.25) is 5.91 Å². The molecule has 0 bridgehead atoms. The van der Waals surface area contributed by atoms with Crippen molar-refractivity contribution in [3.05, 3.63) is 18.0 Å². The lowest BCUT2D eigenvalue weighted by molar-refractivity contribution is -0.131. The lowest BCUT2D eigenvalue weighted by atomic mass is 10.2. The molecule has 0 aromatic carbocycles. The minimum atomic E-state index is 0.195. The molecule has 82 valence electrons. The van der Waals surface area contributed by atoms with Crippen LogP contribution in [0.15, 0.2) is 12.3 Å². The summed E-state index contributed by atoms with van der Waals surface area (Å²) >= 11 is 0. The van der Waals surface area contributed by atoms with Crippen LogP contribution in [0.25, 0.3) is 0 Å². The summed E-state index contributed by atoms with van der Waals surface area (Å²) in [6.07, 6.45) is 2.18. The summed E-state index contributed by atoms with van der Waals surface area (Å²) in [5.74, 6) is 0.195. The van der Waals surface area contributed by atoms with E-state index in [0.717, 1.165) is 31.9 Å². The van der Waals surface area contributed by atoms with Gasteiger partial charge in [0.1, 0.15) is 0 Å². The van der Waals surface area contributed by atoms with Crippen LogP contribution < -0.4 is 5.32 Å². The van der Waals surface area contributed by atoms with Gasteiger partial charge in [-0.25, -0.2) is 0 Å². The highest BCUT2D eigenvalue weighted by atomic mass is 16.2. The zero-order valence-corrected chi connectivity index (χ0v) is 8.94. The fourth-order valence-electron chi connectivity index (χ4n) is 1.76. The van der Waals surface area contributed by atoms with Crippen molar-refractivity contribution in [2.75, 3.05) is 26.2 Å². The Morgan fingerprint density at radius 1 is 1.53 bits per heavy atom. The molecule has 1 saturated heterocycles. The van der Waals surface area contributed by atoms with Crippen LogP contribution in [0.2, 0.25) is 0 Å². The Morgan fingerprint density at radius 3 is 2.87 bits per heavy atom. The predicted molar refractivity (Wildman–Crippen MR) is 56.4 cm³/mol. The largest absolute Gasteiger partial charge is 0.340 e. The van der Waals surface area contributed by atoms with Gasteiger partial charge in [-0.15, -0.1) is 0 Å².